The van der Waals surface area contributed by atoms with Gasteiger partial charge in [0.25, 0.3) is 0 Å². The van der Waals surface area contributed by atoms with E-state index >= 15 is 0 Å². The van der Waals surface area contributed by atoms with Gasteiger partial charge in [0.1, 0.15) is 0 Å². The van der Waals surface area contributed by atoms with Gasteiger partial charge in [-0.1, -0.05) is 20.3 Å². The molecular weight excluding hydrogens is 348 g/mol. The molecule has 0 radical (unpaired) electrons. The summed E-state index contributed by atoms with van der Waals surface area (Å²) in [4.78, 5) is 11.9. The minimum Gasteiger partial charge on any atom is -0.399 e. The van der Waals surface area contributed by atoms with E-state index < -0.39 is 0 Å². The molecule has 1 rings (SSSR count). The van der Waals surface area contributed by atoms with Crippen molar-refractivity contribution in [1.29, 1.82) is 0 Å². The van der Waals surface area contributed by atoms with Crippen LogP contribution in [0, 0.1) is 5.92 Å². The second kappa shape index (κ2) is 6.40. The molecule has 1 amide bonds. The number of nitrogen functional groups attached to an aromatic ring is 1. The number of carbonyl (C=O) groups is 1. The lowest BCUT2D eigenvalue weighted by Gasteiger charge is -2.14. The van der Waals surface area contributed by atoms with Gasteiger partial charge in [-0.2, -0.15) is 0 Å². The molecule has 0 saturated heterocycles. The lowest BCUT2D eigenvalue weighted by atomic mass is 10.1. The van der Waals surface area contributed by atoms with Gasteiger partial charge in [0.15, 0.2) is 0 Å². The van der Waals surface area contributed by atoms with Crippen LogP contribution in [0.3, 0.4) is 0 Å². The molecule has 1 aromatic carbocycles. The van der Waals surface area contributed by atoms with E-state index in [1.165, 1.54) is 0 Å². The average Bonchev–Trinajstić information content (AvgIpc) is 2.23. The Hall–Kier alpha value is -0.550. The summed E-state index contributed by atoms with van der Waals surface area (Å²) < 4.78 is 1.56. The molecule has 3 N–H and O–H groups in total. The molecular formula is C12H16Br2N2O. The lowest BCUT2D eigenvalue weighted by Crippen LogP contribution is -2.20. The molecule has 0 bridgehead atoms. The molecule has 5 heteroatoms. The summed E-state index contributed by atoms with van der Waals surface area (Å²) in [5.74, 6) is 0.0365. The van der Waals surface area contributed by atoms with Crippen molar-refractivity contribution in [2.75, 3.05) is 11.1 Å². The fraction of sp³-hybridized carbons (Fsp3) is 0.417. The number of hydrogen-bond donors (Lipinski definition) is 2. The zero-order valence-electron chi connectivity index (χ0n) is 9.89. The van der Waals surface area contributed by atoms with Crippen LogP contribution in [-0.4, -0.2) is 5.91 Å². The molecule has 1 unspecified atom stereocenters. The Kier molecular flexibility index (Phi) is 5.46. The van der Waals surface area contributed by atoms with Crippen LogP contribution in [0.2, 0.25) is 0 Å². The number of benzene rings is 1. The molecule has 0 aromatic heterocycles. The van der Waals surface area contributed by atoms with Crippen molar-refractivity contribution in [3.63, 3.8) is 0 Å². The Morgan fingerprint density at radius 2 is 1.94 bits per heavy atom. The predicted octanol–water partition coefficient (Wildman–Crippen LogP) is 4.17. The van der Waals surface area contributed by atoms with Gasteiger partial charge in [-0.3, -0.25) is 4.79 Å². The summed E-state index contributed by atoms with van der Waals surface area (Å²) in [6, 6.07) is 3.54. The van der Waals surface area contributed by atoms with Gasteiger partial charge < -0.3 is 11.1 Å². The van der Waals surface area contributed by atoms with E-state index in [0.717, 1.165) is 27.5 Å². The highest BCUT2D eigenvalue weighted by atomic mass is 79.9. The monoisotopic (exact) mass is 362 g/mol. The molecule has 0 aliphatic heterocycles. The third-order valence-corrected chi connectivity index (χ3v) is 3.73. The standard InChI is InChI=1S/C12H16Br2N2O/c1-3-4-7(2)12(17)16-11-9(13)5-8(15)6-10(11)14/h5-7H,3-4,15H2,1-2H3,(H,16,17). The van der Waals surface area contributed by atoms with Crippen molar-refractivity contribution in [3.8, 4) is 0 Å². The van der Waals surface area contributed by atoms with E-state index in [1.54, 1.807) is 12.1 Å². The number of nitrogens with one attached hydrogen (secondary N) is 1. The topological polar surface area (TPSA) is 55.1 Å². The van der Waals surface area contributed by atoms with Gasteiger partial charge >= 0.3 is 0 Å². The number of rotatable bonds is 4. The van der Waals surface area contributed by atoms with Crippen LogP contribution >= 0.6 is 31.9 Å². The quantitative estimate of drug-likeness (QED) is 0.788. The summed E-state index contributed by atoms with van der Waals surface area (Å²) in [5.41, 5.74) is 7.06. The molecule has 3 nitrogen and oxygen atoms in total. The minimum absolute atomic E-state index is 0.0105. The van der Waals surface area contributed by atoms with Gasteiger partial charge in [0.05, 0.1) is 5.69 Å². The first-order valence-corrected chi connectivity index (χ1v) is 7.09. The average molecular weight is 364 g/mol. The first-order chi connectivity index (χ1) is 7.95. The fourth-order valence-electron chi connectivity index (χ4n) is 1.52. The first kappa shape index (κ1) is 14.5. The van der Waals surface area contributed by atoms with Crippen molar-refractivity contribution >= 4 is 49.1 Å². The molecule has 0 aliphatic rings. The van der Waals surface area contributed by atoms with Crippen LogP contribution in [0.4, 0.5) is 11.4 Å². The van der Waals surface area contributed by atoms with Crippen molar-refractivity contribution in [1.82, 2.24) is 0 Å². The zero-order chi connectivity index (χ0) is 13.0. The molecule has 94 valence electrons. The lowest BCUT2D eigenvalue weighted by molar-refractivity contribution is -0.119. The van der Waals surface area contributed by atoms with Gasteiger partial charge in [0, 0.05) is 20.6 Å². The van der Waals surface area contributed by atoms with Crippen molar-refractivity contribution < 1.29 is 4.79 Å². The van der Waals surface area contributed by atoms with E-state index in [2.05, 4.69) is 44.1 Å². The Labute approximate surface area is 118 Å². The molecule has 0 saturated carbocycles. The third-order valence-electron chi connectivity index (χ3n) is 2.48. The first-order valence-electron chi connectivity index (χ1n) is 5.51. The Bertz CT molecular complexity index is 398. The number of halogens is 2. The van der Waals surface area contributed by atoms with Crippen LogP contribution in [0.5, 0.6) is 0 Å². The van der Waals surface area contributed by atoms with Crippen LogP contribution < -0.4 is 11.1 Å². The summed E-state index contributed by atoms with van der Waals surface area (Å²) in [5, 5.41) is 2.90. The highest BCUT2D eigenvalue weighted by molar-refractivity contribution is 9.11. The number of nitrogens with two attached hydrogens (primary N) is 1. The van der Waals surface area contributed by atoms with Crippen molar-refractivity contribution in [2.24, 2.45) is 5.92 Å². The van der Waals surface area contributed by atoms with Crippen LogP contribution in [0.15, 0.2) is 21.1 Å². The number of amides is 1. The molecule has 0 fully saturated rings. The molecule has 0 aliphatic carbocycles. The largest absolute Gasteiger partial charge is 0.399 e. The van der Waals surface area contributed by atoms with Crippen LogP contribution in [-0.2, 0) is 4.79 Å². The molecule has 1 atom stereocenters. The van der Waals surface area contributed by atoms with E-state index in [0.29, 0.717) is 5.69 Å². The highest BCUT2D eigenvalue weighted by Crippen LogP contribution is 2.33. The fourth-order valence-corrected chi connectivity index (χ4v) is 2.94. The second-order valence-electron chi connectivity index (χ2n) is 4.04. The second-order valence-corrected chi connectivity index (χ2v) is 5.75. The minimum atomic E-state index is 0.0105. The maximum Gasteiger partial charge on any atom is 0.227 e. The number of hydrogen-bond acceptors (Lipinski definition) is 2. The maximum absolute atomic E-state index is 11.9. The number of anilines is 2. The summed E-state index contributed by atoms with van der Waals surface area (Å²) in [6.45, 7) is 4.00. The van der Waals surface area contributed by atoms with E-state index in [1.807, 2.05) is 6.92 Å². The van der Waals surface area contributed by atoms with Crippen LogP contribution in [0.1, 0.15) is 26.7 Å². The van der Waals surface area contributed by atoms with E-state index in [-0.39, 0.29) is 11.8 Å². The number of carbonyl (C=O) groups excluding carboxylic acids is 1. The summed E-state index contributed by atoms with van der Waals surface area (Å²) >= 11 is 6.78. The molecule has 0 spiro atoms. The smallest absolute Gasteiger partial charge is 0.227 e. The van der Waals surface area contributed by atoms with E-state index in [4.69, 9.17) is 5.73 Å². The van der Waals surface area contributed by atoms with Gasteiger partial charge in [0.2, 0.25) is 5.91 Å². The Balaban J connectivity index is 2.85. The molecule has 0 heterocycles. The third kappa shape index (κ3) is 4.00. The van der Waals surface area contributed by atoms with Gasteiger partial charge in [-0.05, 0) is 50.4 Å². The van der Waals surface area contributed by atoms with E-state index in [9.17, 15) is 4.79 Å². The SMILES string of the molecule is CCCC(C)C(=O)Nc1c(Br)cc(N)cc1Br. The Morgan fingerprint density at radius 3 is 2.41 bits per heavy atom. The van der Waals surface area contributed by atoms with Gasteiger partial charge in [-0.15, -0.1) is 0 Å². The van der Waals surface area contributed by atoms with Crippen LogP contribution in [0.25, 0.3) is 0 Å². The summed E-state index contributed by atoms with van der Waals surface area (Å²) in [7, 11) is 0. The zero-order valence-corrected chi connectivity index (χ0v) is 13.1. The van der Waals surface area contributed by atoms with Gasteiger partial charge in [-0.25, -0.2) is 0 Å². The van der Waals surface area contributed by atoms with Crippen molar-refractivity contribution in [3.05, 3.63) is 21.1 Å². The Morgan fingerprint density at radius 1 is 1.41 bits per heavy atom. The predicted molar refractivity (Wildman–Crippen MR) is 79.0 cm³/mol. The maximum atomic E-state index is 11.9. The van der Waals surface area contributed by atoms with Crippen molar-refractivity contribution in [2.45, 2.75) is 26.7 Å². The molecule has 17 heavy (non-hydrogen) atoms. The molecule has 1 aromatic rings. The summed E-state index contributed by atoms with van der Waals surface area (Å²) in [6.07, 6.45) is 1.88. The highest BCUT2D eigenvalue weighted by Gasteiger charge is 2.15. The normalized spacial score (nSPS) is 12.2.